The summed E-state index contributed by atoms with van der Waals surface area (Å²) in [6, 6.07) is 10.5. The van der Waals surface area contributed by atoms with Crippen LogP contribution >= 0.6 is 15.9 Å². The molecule has 0 radical (unpaired) electrons. The van der Waals surface area contributed by atoms with Crippen LogP contribution in [-0.4, -0.2) is 43.7 Å². The first-order chi connectivity index (χ1) is 15.0. The number of benzene rings is 2. The molecular weight excluding hydrogens is 463 g/mol. The average Bonchev–Trinajstić information content (AvgIpc) is 2.75. The molecule has 0 spiro atoms. The van der Waals surface area contributed by atoms with Crippen LogP contribution in [0.25, 0.3) is 0 Å². The molecule has 0 saturated carbocycles. The Kier molecular flexibility index (Phi) is 8.72. The quantitative estimate of drug-likeness (QED) is 0.346. The zero-order chi connectivity index (χ0) is 22.2. The number of piperidine rings is 1. The Balaban J connectivity index is 1.63. The van der Waals surface area contributed by atoms with Crippen LogP contribution < -0.4 is 14.4 Å². The number of nitrogens with zero attached hydrogens (tertiary/aromatic N) is 2. The number of carbonyl (C=O) groups excluding carboxylic acids is 1. The number of rotatable bonds is 9. The Morgan fingerprint density at radius 1 is 1.16 bits per heavy atom. The summed E-state index contributed by atoms with van der Waals surface area (Å²) in [4.78, 5) is 15.7. The first kappa shape index (κ1) is 23.5. The number of ether oxygens (including phenoxy) is 2. The van der Waals surface area contributed by atoms with Crippen LogP contribution in [0.5, 0.6) is 11.5 Å². The third-order valence-electron chi connectivity index (χ3n) is 5.39. The summed E-state index contributed by atoms with van der Waals surface area (Å²) < 4.78 is 26.4. The van der Waals surface area contributed by atoms with E-state index in [-0.39, 0.29) is 11.8 Å². The second kappa shape index (κ2) is 11.5. The van der Waals surface area contributed by atoms with Crippen LogP contribution in [0.2, 0.25) is 0 Å². The zero-order valence-electron chi connectivity index (χ0n) is 18.2. The molecule has 31 heavy (non-hydrogen) atoms. The van der Waals surface area contributed by atoms with E-state index < -0.39 is 0 Å². The lowest BCUT2D eigenvalue weighted by molar-refractivity contribution is -0.131. The van der Waals surface area contributed by atoms with Crippen molar-refractivity contribution in [3.8, 4) is 11.5 Å². The molecule has 1 aliphatic heterocycles. The molecule has 1 fully saturated rings. The van der Waals surface area contributed by atoms with Gasteiger partial charge >= 0.3 is 5.97 Å². The van der Waals surface area contributed by atoms with E-state index in [0.717, 1.165) is 35.4 Å². The maximum atomic E-state index is 14.6. The summed E-state index contributed by atoms with van der Waals surface area (Å²) in [6.45, 7) is 8.15. The van der Waals surface area contributed by atoms with Gasteiger partial charge in [-0.15, -0.1) is 0 Å². The van der Waals surface area contributed by atoms with Crippen LogP contribution in [-0.2, 0) is 11.3 Å². The van der Waals surface area contributed by atoms with Gasteiger partial charge in [-0.2, -0.15) is 0 Å². The molecule has 0 bridgehead atoms. The van der Waals surface area contributed by atoms with Crippen molar-refractivity contribution < 1.29 is 18.7 Å². The molecule has 0 N–H and O–H groups in total. The highest BCUT2D eigenvalue weighted by atomic mass is 79.9. The van der Waals surface area contributed by atoms with Crippen molar-refractivity contribution in [2.75, 3.05) is 37.7 Å². The monoisotopic (exact) mass is 492 g/mol. The molecule has 0 unspecified atom stereocenters. The fourth-order valence-electron chi connectivity index (χ4n) is 3.78. The lowest BCUT2D eigenvalue weighted by Crippen LogP contribution is -2.33. The highest BCUT2D eigenvalue weighted by Crippen LogP contribution is 2.32. The molecule has 3 rings (SSSR count). The molecule has 7 heteroatoms. The summed E-state index contributed by atoms with van der Waals surface area (Å²) in [5.74, 6) is 0.0591. The van der Waals surface area contributed by atoms with Crippen LogP contribution in [0.3, 0.4) is 0 Å². The Morgan fingerprint density at radius 2 is 1.94 bits per heavy atom. The summed E-state index contributed by atoms with van der Waals surface area (Å²) in [6.07, 6.45) is 3.76. The van der Waals surface area contributed by atoms with Crippen molar-refractivity contribution in [3.63, 3.8) is 0 Å². The average molecular weight is 493 g/mol. The number of esters is 1. The second-order valence-electron chi connectivity index (χ2n) is 7.74. The SMILES string of the molecule is CCN(Cc1ccc(OCCN2CCCCC2)c(F)c1)c1cc(OC(C)=O)ccc1Br. The van der Waals surface area contributed by atoms with Gasteiger partial charge in [0.05, 0.1) is 5.69 Å². The number of carbonyl (C=O) groups is 1. The summed E-state index contributed by atoms with van der Waals surface area (Å²) in [5, 5.41) is 0. The molecule has 0 atom stereocenters. The predicted molar refractivity (Wildman–Crippen MR) is 124 cm³/mol. The smallest absolute Gasteiger partial charge is 0.308 e. The van der Waals surface area contributed by atoms with E-state index in [9.17, 15) is 9.18 Å². The van der Waals surface area contributed by atoms with Gasteiger partial charge in [0.15, 0.2) is 11.6 Å². The maximum absolute atomic E-state index is 14.6. The minimum atomic E-state index is -0.366. The largest absolute Gasteiger partial charge is 0.489 e. The molecule has 0 amide bonds. The van der Waals surface area contributed by atoms with Crippen LogP contribution in [0, 0.1) is 5.82 Å². The number of anilines is 1. The van der Waals surface area contributed by atoms with Crippen molar-refractivity contribution in [2.45, 2.75) is 39.7 Å². The topological polar surface area (TPSA) is 42.0 Å². The van der Waals surface area contributed by atoms with Gasteiger partial charge in [0.1, 0.15) is 12.4 Å². The molecule has 5 nitrogen and oxygen atoms in total. The van der Waals surface area contributed by atoms with Gasteiger partial charge in [-0.05, 0) is 78.6 Å². The van der Waals surface area contributed by atoms with E-state index in [2.05, 4.69) is 25.7 Å². The molecule has 2 aromatic rings. The molecule has 1 saturated heterocycles. The fourth-order valence-corrected chi connectivity index (χ4v) is 4.28. The van der Waals surface area contributed by atoms with Crippen molar-refractivity contribution in [1.82, 2.24) is 4.90 Å². The van der Waals surface area contributed by atoms with Crippen LogP contribution in [0.1, 0.15) is 38.7 Å². The summed E-state index contributed by atoms with van der Waals surface area (Å²) >= 11 is 3.56. The molecule has 2 aromatic carbocycles. The number of hydrogen-bond donors (Lipinski definition) is 0. The van der Waals surface area contributed by atoms with Gasteiger partial charge in [-0.1, -0.05) is 12.5 Å². The van der Waals surface area contributed by atoms with Crippen LogP contribution in [0.4, 0.5) is 10.1 Å². The first-order valence-corrected chi connectivity index (χ1v) is 11.6. The van der Waals surface area contributed by atoms with Gasteiger partial charge in [0.25, 0.3) is 0 Å². The van der Waals surface area contributed by atoms with Crippen molar-refractivity contribution in [1.29, 1.82) is 0 Å². The maximum Gasteiger partial charge on any atom is 0.308 e. The lowest BCUT2D eigenvalue weighted by Gasteiger charge is -2.26. The highest BCUT2D eigenvalue weighted by molar-refractivity contribution is 9.10. The Hall–Kier alpha value is -2.12. The zero-order valence-corrected chi connectivity index (χ0v) is 19.8. The lowest BCUT2D eigenvalue weighted by atomic mass is 10.1. The standard InChI is InChI=1S/C24H30BrFN2O3/c1-3-28(23-16-20(31-18(2)29)8-9-21(23)25)17-19-7-10-24(22(26)15-19)30-14-13-27-11-5-4-6-12-27/h7-10,15-16H,3-6,11-14,17H2,1-2H3. The Bertz CT molecular complexity index is 887. The van der Waals surface area contributed by atoms with E-state index in [1.807, 2.05) is 25.1 Å². The molecule has 0 aliphatic carbocycles. The number of likely N-dealkylation sites (tertiary alicyclic amines) is 1. The molecular formula is C24H30BrFN2O3. The van der Waals surface area contributed by atoms with E-state index in [0.29, 0.717) is 31.2 Å². The first-order valence-electron chi connectivity index (χ1n) is 10.8. The highest BCUT2D eigenvalue weighted by Gasteiger charge is 2.14. The predicted octanol–water partition coefficient (Wildman–Crippen LogP) is 5.40. The van der Waals surface area contributed by atoms with Gasteiger partial charge in [-0.25, -0.2) is 4.39 Å². The molecule has 168 valence electrons. The van der Waals surface area contributed by atoms with E-state index in [1.54, 1.807) is 12.1 Å². The minimum Gasteiger partial charge on any atom is -0.489 e. The van der Waals surface area contributed by atoms with E-state index in [4.69, 9.17) is 9.47 Å². The Morgan fingerprint density at radius 3 is 2.61 bits per heavy atom. The summed E-state index contributed by atoms with van der Waals surface area (Å²) in [5.41, 5.74) is 1.72. The third-order valence-corrected chi connectivity index (χ3v) is 6.06. The van der Waals surface area contributed by atoms with E-state index >= 15 is 0 Å². The van der Waals surface area contributed by atoms with Gasteiger partial charge in [0.2, 0.25) is 0 Å². The van der Waals surface area contributed by atoms with E-state index in [1.165, 1.54) is 32.3 Å². The normalized spacial score (nSPS) is 14.3. The van der Waals surface area contributed by atoms with Crippen LogP contribution in [0.15, 0.2) is 40.9 Å². The number of halogens is 2. The second-order valence-corrected chi connectivity index (χ2v) is 8.59. The molecule has 0 aromatic heterocycles. The van der Waals surface area contributed by atoms with Crippen molar-refractivity contribution >= 4 is 27.6 Å². The third kappa shape index (κ3) is 6.94. The summed E-state index contributed by atoms with van der Waals surface area (Å²) in [7, 11) is 0. The minimum absolute atomic E-state index is 0.293. The van der Waals surface area contributed by atoms with Gasteiger partial charge < -0.3 is 14.4 Å². The molecule has 1 heterocycles. The van der Waals surface area contributed by atoms with Crippen molar-refractivity contribution in [2.24, 2.45) is 0 Å². The van der Waals surface area contributed by atoms with Crippen molar-refractivity contribution in [3.05, 3.63) is 52.3 Å². The van der Waals surface area contributed by atoms with Gasteiger partial charge in [0, 0.05) is 37.1 Å². The fraction of sp³-hybridized carbons (Fsp3) is 0.458. The van der Waals surface area contributed by atoms with Gasteiger partial charge in [-0.3, -0.25) is 9.69 Å². The Labute approximate surface area is 192 Å². The number of hydrogen-bond acceptors (Lipinski definition) is 5. The molecule has 1 aliphatic rings.